The molecule has 1 heterocycles. The second-order valence-electron chi connectivity index (χ2n) is 4.96. The van der Waals surface area contributed by atoms with E-state index in [0.717, 1.165) is 11.0 Å². The maximum absolute atomic E-state index is 12.1. The number of aromatic carboxylic acids is 1. The topological polar surface area (TPSA) is 107 Å². The Kier molecular flexibility index (Phi) is 4.27. The number of imide groups is 1. The number of anilines is 1. The van der Waals surface area contributed by atoms with Crippen molar-refractivity contribution >= 4 is 23.5 Å². The number of β-amino-alcohol motifs (C(OH)–C–C–N with tert-alkyl or cyclic N) is 1. The van der Waals surface area contributed by atoms with Crippen LogP contribution in [0.25, 0.3) is 0 Å². The molecule has 1 aromatic rings. The van der Waals surface area contributed by atoms with Gasteiger partial charge in [-0.2, -0.15) is 0 Å². The van der Waals surface area contributed by atoms with Gasteiger partial charge in [0.2, 0.25) is 0 Å². The van der Waals surface area contributed by atoms with Crippen LogP contribution in [-0.4, -0.2) is 46.0 Å². The van der Waals surface area contributed by atoms with Gasteiger partial charge in [-0.05, 0) is 25.0 Å². The molecule has 2 amide bonds. The number of benzene rings is 1. The number of carboxylic acids is 1. The van der Waals surface area contributed by atoms with E-state index in [1.165, 1.54) is 0 Å². The lowest BCUT2D eigenvalue weighted by Crippen LogP contribution is -2.34. The first-order chi connectivity index (χ1) is 10.4. The Hall–Kier alpha value is -2.67. The van der Waals surface area contributed by atoms with Crippen molar-refractivity contribution < 1.29 is 24.6 Å². The number of carboxylic acid groups (broad SMARTS) is 1. The summed E-state index contributed by atoms with van der Waals surface area (Å²) in [5, 5.41) is 21.0. The molecule has 0 saturated heterocycles. The van der Waals surface area contributed by atoms with Crippen molar-refractivity contribution in [1.29, 1.82) is 0 Å². The van der Waals surface area contributed by atoms with Crippen LogP contribution in [0.15, 0.2) is 23.9 Å². The highest BCUT2D eigenvalue weighted by Gasteiger charge is 2.31. The summed E-state index contributed by atoms with van der Waals surface area (Å²) in [4.78, 5) is 36.1. The quantitative estimate of drug-likeness (QED) is 0.690. The van der Waals surface area contributed by atoms with Crippen LogP contribution < -0.4 is 5.32 Å². The highest BCUT2D eigenvalue weighted by atomic mass is 16.4. The summed E-state index contributed by atoms with van der Waals surface area (Å²) in [5.74, 6) is -2.24. The van der Waals surface area contributed by atoms with Crippen LogP contribution in [0.3, 0.4) is 0 Å². The fourth-order valence-corrected chi connectivity index (χ4v) is 2.29. The number of aliphatic hydroxyl groups is 1. The standard InChI is InChI=1S/C15H16N2O5/c1-8-3-4-9(2)13(12(8)15(21)22)16-10-7-11(19)17(5-6-18)14(10)20/h3-4,7,16,18H,5-6H2,1-2H3,(H,21,22). The van der Waals surface area contributed by atoms with Crippen molar-refractivity contribution in [2.45, 2.75) is 13.8 Å². The van der Waals surface area contributed by atoms with Crippen LogP contribution in [0.4, 0.5) is 5.69 Å². The third kappa shape index (κ3) is 2.71. The predicted molar refractivity (Wildman–Crippen MR) is 78.4 cm³/mol. The maximum Gasteiger partial charge on any atom is 0.338 e. The Bertz CT molecular complexity index is 693. The zero-order valence-corrected chi connectivity index (χ0v) is 12.2. The number of carbonyl (C=O) groups is 3. The van der Waals surface area contributed by atoms with E-state index in [1.54, 1.807) is 26.0 Å². The number of hydrogen-bond acceptors (Lipinski definition) is 5. The minimum Gasteiger partial charge on any atom is -0.478 e. The van der Waals surface area contributed by atoms with Crippen molar-refractivity contribution in [3.63, 3.8) is 0 Å². The normalized spacial score (nSPS) is 14.3. The lowest BCUT2D eigenvalue weighted by atomic mass is 10.0. The summed E-state index contributed by atoms with van der Waals surface area (Å²) >= 11 is 0. The van der Waals surface area contributed by atoms with Crippen LogP contribution in [0.1, 0.15) is 21.5 Å². The summed E-state index contributed by atoms with van der Waals surface area (Å²) in [5.41, 5.74) is 1.53. The van der Waals surface area contributed by atoms with Crippen molar-refractivity contribution in [3.8, 4) is 0 Å². The molecule has 0 atom stereocenters. The van der Waals surface area contributed by atoms with Gasteiger partial charge in [0.1, 0.15) is 5.70 Å². The van der Waals surface area contributed by atoms with Crippen molar-refractivity contribution in [2.75, 3.05) is 18.5 Å². The van der Waals surface area contributed by atoms with Crippen LogP contribution in [0, 0.1) is 13.8 Å². The Labute approximate surface area is 126 Å². The molecule has 0 radical (unpaired) electrons. The molecule has 7 nitrogen and oxygen atoms in total. The van der Waals surface area contributed by atoms with E-state index in [4.69, 9.17) is 5.11 Å². The van der Waals surface area contributed by atoms with Crippen LogP contribution >= 0.6 is 0 Å². The molecule has 0 aromatic heterocycles. The molecule has 0 aliphatic carbocycles. The van der Waals surface area contributed by atoms with Crippen LogP contribution in [0.5, 0.6) is 0 Å². The summed E-state index contributed by atoms with van der Waals surface area (Å²) in [6.07, 6.45) is 1.10. The van der Waals surface area contributed by atoms with Gasteiger partial charge >= 0.3 is 5.97 Å². The van der Waals surface area contributed by atoms with E-state index in [-0.39, 0.29) is 30.1 Å². The van der Waals surface area contributed by atoms with Gasteiger partial charge in [0.25, 0.3) is 11.8 Å². The third-order valence-electron chi connectivity index (χ3n) is 3.43. The Morgan fingerprint density at radius 1 is 1.23 bits per heavy atom. The molecule has 1 aliphatic heterocycles. The SMILES string of the molecule is Cc1ccc(C)c(C(=O)O)c1NC1=CC(=O)N(CCO)C1=O. The van der Waals surface area contributed by atoms with Gasteiger partial charge < -0.3 is 15.5 Å². The van der Waals surface area contributed by atoms with Gasteiger partial charge in [-0.25, -0.2) is 4.79 Å². The highest BCUT2D eigenvalue weighted by molar-refractivity contribution is 6.18. The maximum atomic E-state index is 12.1. The summed E-state index contributed by atoms with van der Waals surface area (Å²) < 4.78 is 0. The van der Waals surface area contributed by atoms with Crippen molar-refractivity contribution in [3.05, 3.63) is 40.6 Å². The van der Waals surface area contributed by atoms with E-state index < -0.39 is 17.8 Å². The van der Waals surface area contributed by atoms with Gasteiger partial charge in [0.05, 0.1) is 24.4 Å². The molecule has 0 spiro atoms. The Balaban J connectivity index is 2.39. The Morgan fingerprint density at radius 2 is 1.86 bits per heavy atom. The number of nitrogens with zero attached hydrogens (tertiary/aromatic N) is 1. The minimum absolute atomic E-state index is 0.00495. The first-order valence-corrected chi connectivity index (χ1v) is 6.65. The second kappa shape index (κ2) is 5.98. The fourth-order valence-electron chi connectivity index (χ4n) is 2.29. The monoisotopic (exact) mass is 304 g/mol. The number of carbonyl (C=O) groups excluding carboxylic acids is 2. The number of rotatable bonds is 5. The zero-order chi connectivity index (χ0) is 16.4. The molecule has 1 aromatic carbocycles. The molecule has 2 rings (SSSR count). The van der Waals surface area contributed by atoms with Gasteiger partial charge in [0, 0.05) is 6.08 Å². The average molecular weight is 304 g/mol. The molecule has 0 saturated carbocycles. The second-order valence-corrected chi connectivity index (χ2v) is 4.96. The third-order valence-corrected chi connectivity index (χ3v) is 3.43. The lowest BCUT2D eigenvalue weighted by molar-refractivity contribution is -0.137. The number of amides is 2. The first kappa shape index (κ1) is 15.7. The zero-order valence-electron chi connectivity index (χ0n) is 12.2. The van der Waals surface area contributed by atoms with Crippen LogP contribution in [-0.2, 0) is 9.59 Å². The van der Waals surface area contributed by atoms with E-state index in [1.807, 2.05) is 0 Å². The smallest absolute Gasteiger partial charge is 0.338 e. The molecule has 116 valence electrons. The number of hydrogen-bond donors (Lipinski definition) is 3. The van der Waals surface area contributed by atoms with Gasteiger partial charge in [-0.15, -0.1) is 0 Å². The van der Waals surface area contributed by atoms with E-state index >= 15 is 0 Å². The highest BCUT2D eigenvalue weighted by Crippen LogP contribution is 2.27. The van der Waals surface area contributed by atoms with Gasteiger partial charge in [-0.1, -0.05) is 12.1 Å². The number of nitrogens with one attached hydrogen (secondary N) is 1. The number of aryl methyl sites for hydroxylation is 2. The molecular formula is C15H16N2O5. The van der Waals surface area contributed by atoms with Crippen molar-refractivity contribution in [1.82, 2.24) is 4.90 Å². The average Bonchev–Trinajstić information content (AvgIpc) is 2.70. The molecule has 0 fully saturated rings. The molecule has 3 N–H and O–H groups in total. The number of aliphatic hydroxyl groups excluding tert-OH is 1. The first-order valence-electron chi connectivity index (χ1n) is 6.65. The van der Waals surface area contributed by atoms with Gasteiger partial charge in [-0.3, -0.25) is 14.5 Å². The molecular weight excluding hydrogens is 288 g/mol. The van der Waals surface area contributed by atoms with E-state index in [9.17, 15) is 19.5 Å². The lowest BCUT2D eigenvalue weighted by Gasteiger charge is -2.16. The van der Waals surface area contributed by atoms with Crippen LogP contribution in [0.2, 0.25) is 0 Å². The minimum atomic E-state index is -1.12. The molecule has 1 aliphatic rings. The van der Waals surface area contributed by atoms with E-state index in [0.29, 0.717) is 11.1 Å². The molecule has 7 heteroatoms. The van der Waals surface area contributed by atoms with Gasteiger partial charge in [0.15, 0.2) is 0 Å². The molecule has 0 unspecified atom stereocenters. The molecule has 0 bridgehead atoms. The largest absolute Gasteiger partial charge is 0.478 e. The Morgan fingerprint density at radius 3 is 2.45 bits per heavy atom. The summed E-state index contributed by atoms with van der Waals surface area (Å²) in [7, 11) is 0. The fraction of sp³-hybridized carbons (Fsp3) is 0.267. The van der Waals surface area contributed by atoms with Crippen molar-refractivity contribution in [2.24, 2.45) is 0 Å². The van der Waals surface area contributed by atoms with E-state index in [2.05, 4.69) is 5.32 Å². The predicted octanol–water partition coefficient (Wildman–Crippen LogP) is 0.659. The summed E-state index contributed by atoms with van der Waals surface area (Å²) in [6, 6.07) is 3.41. The molecule has 22 heavy (non-hydrogen) atoms. The summed E-state index contributed by atoms with van der Waals surface area (Å²) in [6.45, 7) is 2.93.